The first kappa shape index (κ1) is 24.7. The lowest BCUT2D eigenvalue weighted by Gasteiger charge is -2.17. The van der Waals surface area contributed by atoms with Gasteiger partial charge in [-0.25, -0.2) is 4.79 Å². The monoisotopic (exact) mass is 515 g/mol. The smallest absolute Gasteiger partial charge is 0.412 e. The van der Waals surface area contributed by atoms with Crippen LogP contribution in [0.2, 0.25) is 0 Å². The normalized spacial score (nSPS) is 13.6. The van der Waals surface area contributed by atoms with E-state index < -0.39 is 17.3 Å². The predicted octanol–water partition coefficient (Wildman–Crippen LogP) is 8.15. The van der Waals surface area contributed by atoms with Crippen molar-refractivity contribution in [3.63, 3.8) is 0 Å². The van der Waals surface area contributed by atoms with Gasteiger partial charge < -0.3 is 9.47 Å². The number of hydrogen-bond acceptors (Lipinski definition) is 5. The molecule has 7 heteroatoms. The first-order valence-corrected chi connectivity index (χ1v) is 12.9. The van der Waals surface area contributed by atoms with E-state index in [1.54, 1.807) is 19.1 Å². The average Bonchev–Trinajstić information content (AvgIpc) is 3.68. The molecule has 1 atom stereocenters. The molecular weight excluding hydrogens is 489 g/mol. The Kier molecular flexibility index (Phi) is 7.06. The van der Waals surface area contributed by atoms with E-state index in [0.29, 0.717) is 16.3 Å². The van der Waals surface area contributed by atoms with E-state index in [1.165, 1.54) is 6.07 Å². The number of carbonyl (C=O) groups excluding carboxylic acids is 2. The van der Waals surface area contributed by atoms with Gasteiger partial charge in [-0.2, -0.15) is 4.39 Å². The molecule has 5 nitrogen and oxygen atoms in total. The van der Waals surface area contributed by atoms with E-state index in [1.807, 2.05) is 67.6 Å². The van der Waals surface area contributed by atoms with Crippen molar-refractivity contribution in [3.8, 4) is 27.3 Å². The molecule has 0 radical (unpaired) electrons. The number of amides is 1. The predicted molar refractivity (Wildman–Crippen MR) is 143 cm³/mol. The lowest BCUT2D eigenvalue weighted by molar-refractivity contribution is -0.135. The molecule has 1 aliphatic carbocycles. The van der Waals surface area contributed by atoms with Gasteiger partial charge >= 0.3 is 12.1 Å². The minimum Gasteiger partial charge on any atom is -0.441 e. The first-order valence-electron chi connectivity index (χ1n) is 12.1. The molecule has 1 aliphatic rings. The summed E-state index contributed by atoms with van der Waals surface area (Å²) in [5, 5.41) is 2.31. The van der Waals surface area contributed by atoms with Gasteiger partial charge in [0, 0.05) is 11.6 Å². The zero-order valence-corrected chi connectivity index (χ0v) is 21.3. The lowest BCUT2D eigenvalue weighted by atomic mass is 9.98. The molecule has 0 spiro atoms. The molecule has 1 amide bonds. The summed E-state index contributed by atoms with van der Waals surface area (Å²) >= 11 is 0.951. The fourth-order valence-electron chi connectivity index (χ4n) is 4.21. The number of benzene rings is 3. The van der Waals surface area contributed by atoms with E-state index in [0.717, 1.165) is 52.0 Å². The summed E-state index contributed by atoms with van der Waals surface area (Å²) in [7, 11) is 0. The van der Waals surface area contributed by atoms with Crippen LogP contribution in [0.3, 0.4) is 0 Å². The van der Waals surface area contributed by atoms with Crippen LogP contribution in [0.25, 0.3) is 21.6 Å². The van der Waals surface area contributed by atoms with Gasteiger partial charge in [-0.15, -0.1) is 11.3 Å². The molecule has 1 unspecified atom stereocenters. The zero-order valence-electron chi connectivity index (χ0n) is 20.5. The molecule has 1 fully saturated rings. The van der Waals surface area contributed by atoms with Crippen LogP contribution < -0.4 is 10.1 Å². The number of rotatable bonds is 7. The number of thiophene rings is 1. The molecule has 188 valence electrons. The van der Waals surface area contributed by atoms with Gasteiger partial charge in [0.1, 0.15) is 11.9 Å². The molecule has 1 saturated carbocycles. The Hall–Kier alpha value is -3.97. The van der Waals surface area contributed by atoms with Gasteiger partial charge in [-0.05, 0) is 61.1 Å². The van der Waals surface area contributed by atoms with Gasteiger partial charge in [0.05, 0.1) is 16.5 Å². The van der Waals surface area contributed by atoms with Crippen LogP contribution in [0, 0.1) is 18.0 Å². The Bertz CT molecular complexity index is 1440. The molecule has 5 rings (SSSR count). The third kappa shape index (κ3) is 5.73. The molecule has 37 heavy (non-hydrogen) atoms. The van der Waals surface area contributed by atoms with Crippen molar-refractivity contribution in [2.24, 2.45) is 5.92 Å². The summed E-state index contributed by atoms with van der Waals surface area (Å²) in [5.74, 6) is 0.321. The number of aryl methyl sites for hydroxylation is 1. The van der Waals surface area contributed by atoms with Crippen LogP contribution in [0.4, 0.5) is 14.9 Å². The van der Waals surface area contributed by atoms with Crippen molar-refractivity contribution in [1.29, 1.82) is 0 Å². The highest BCUT2D eigenvalue weighted by molar-refractivity contribution is 7.14. The van der Waals surface area contributed by atoms with Gasteiger partial charge in [0.25, 0.3) is 0 Å². The second-order valence-electron chi connectivity index (χ2n) is 9.09. The van der Waals surface area contributed by atoms with Crippen LogP contribution >= 0.6 is 11.3 Å². The number of halogens is 1. The van der Waals surface area contributed by atoms with E-state index in [4.69, 9.17) is 9.47 Å². The summed E-state index contributed by atoms with van der Waals surface area (Å²) in [6, 6.07) is 23.8. The Morgan fingerprint density at radius 1 is 0.973 bits per heavy atom. The van der Waals surface area contributed by atoms with Crippen LogP contribution in [0.15, 0.2) is 78.9 Å². The minimum atomic E-state index is -0.658. The Morgan fingerprint density at radius 3 is 2.35 bits per heavy atom. The fraction of sp³-hybridized carbons (Fsp3) is 0.200. The van der Waals surface area contributed by atoms with E-state index in [9.17, 15) is 14.0 Å². The van der Waals surface area contributed by atoms with E-state index in [-0.39, 0.29) is 11.9 Å². The maximum Gasteiger partial charge on any atom is 0.412 e. The highest BCUT2D eigenvalue weighted by Crippen LogP contribution is 2.42. The number of carbonyl (C=O) groups is 2. The third-order valence-electron chi connectivity index (χ3n) is 6.32. The van der Waals surface area contributed by atoms with Crippen LogP contribution in [-0.4, -0.2) is 12.1 Å². The third-order valence-corrected chi connectivity index (χ3v) is 7.27. The highest BCUT2D eigenvalue weighted by Gasteiger charge is 2.31. The Morgan fingerprint density at radius 2 is 1.65 bits per heavy atom. The van der Waals surface area contributed by atoms with Gasteiger partial charge in [0.15, 0.2) is 5.13 Å². The largest absolute Gasteiger partial charge is 0.441 e. The van der Waals surface area contributed by atoms with Crippen molar-refractivity contribution in [2.75, 3.05) is 5.32 Å². The van der Waals surface area contributed by atoms with Gasteiger partial charge in [-0.3, -0.25) is 10.1 Å². The average molecular weight is 516 g/mol. The number of ether oxygens (including phenoxy) is 2. The molecule has 0 saturated heterocycles. The topological polar surface area (TPSA) is 64.6 Å². The van der Waals surface area contributed by atoms with Gasteiger partial charge in [-0.1, -0.05) is 60.7 Å². The van der Waals surface area contributed by atoms with Crippen molar-refractivity contribution in [2.45, 2.75) is 32.8 Å². The zero-order chi connectivity index (χ0) is 25.9. The standard InChI is InChI=1S/C30H26FNO4S/c1-18-7-3-4-8-23(18)19(2)35-30(34)32-26-17-27(31)37-28(26)25-10-6-5-9-24(25)20-13-15-22(16-14-20)36-29(33)21-11-12-21/h3-10,13-17,19,21H,11-12H2,1-2H3,(H,32,34). The van der Waals surface area contributed by atoms with Crippen molar-refractivity contribution < 1.29 is 23.5 Å². The molecular formula is C30H26FNO4S. The quantitative estimate of drug-likeness (QED) is 0.199. The summed E-state index contributed by atoms with van der Waals surface area (Å²) in [4.78, 5) is 25.3. The minimum absolute atomic E-state index is 0.0199. The van der Waals surface area contributed by atoms with Crippen LogP contribution in [0.5, 0.6) is 5.75 Å². The van der Waals surface area contributed by atoms with E-state index in [2.05, 4.69) is 5.32 Å². The molecule has 0 bridgehead atoms. The molecule has 3 aromatic carbocycles. The number of anilines is 1. The first-order chi connectivity index (χ1) is 17.9. The molecule has 4 aromatic rings. The highest BCUT2D eigenvalue weighted by atomic mass is 32.1. The summed E-state index contributed by atoms with van der Waals surface area (Å²) in [5.41, 5.74) is 4.76. The second-order valence-corrected chi connectivity index (χ2v) is 10.1. The maximum absolute atomic E-state index is 14.5. The molecule has 1 heterocycles. The number of hydrogen-bond donors (Lipinski definition) is 1. The number of nitrogens with one attached hydrogen (secondary N) is 1. The summed E-state index contributed by atoms with van der Waals surface area (Å²) < 4.78 is 25.5. The van der Waals surface area contributed by atoms with Crippen molar-refractivity contribution in [3.05, 3.63) is 95.1 Å². The molecule has 1 aromatic heterocycles. The number of esters is 1. The van der Waals surface area contributed by atoms with Crippen molar-refractivity contribution in [1.82, 2.24) is 0 Å². The van der Waals surface area contributed by atoms with E-state index >= 15 is 0 Å². The van der Waals surface area contributed by atoms with Gasteiger partial charge in [0.2, 0.25) is 0 Å². The Labute approximate surface area is 218 Å². The molecule has 1 N–H and O–H groups in total. The SMILES string of the molecule is Cc1ccccc1C(C)OC(=O)Nc1cc(F)sc1-c1ccccc1-c1ccc(OC(=O)C2CC2)cc1. The second kappa shape index (κ2) is 10.6. The lowest BCUT2D eigenvalue weighted by Crippen LogP contribution is -2.16. The maximum atomic E-state index is 14.5. The van der Waals surface area contributed by atoms with Crippen molar-refractivity contribution >= 4 is 29.1 Å². The summed E-state index contributed by atoms with van der Waals surface area (Å²) in [6.07, 6.45) is 0.648. The fourth-order valence-corrected chi connectivity index (χ4v) is 5.09. The Balaban J connectivity index is 1.37. The van der Waals surface area contributed by atoms with Crippen LogP contribution in [-0.2, 0) is 9.53 Å². The van der Waals surface area contributed by atoms with Crippen LogP contribution in [0.1, 0.15) is 37.0 Å². The molecule has 0 aliphatic heterocycles. The summed E-state index contributed by atoms with van der Waals surface area (Å²) in [6.45, 7) is 3.76.